The first-order chi connectivity index (χ1) is 12.8. The van der Waals surface area contributed by atoms with E-state index in [1.807, 2.05) is 0 Å². The van der Waals surface area contributed by atoms with Gasteiger partial charge in [0.15, 0.2) is 0 Å². The quantitative estimate of drug-likeness (QED) is 0.730. The van der Waals surface area contributed by atoms with E-state index in [0.717, 1.165) is 38.5 Å². The summed E-state index contributed by atoms with van der Waals surface area (Å²) in [6, 6.07) is 0. The Hall–Kier alpha value is -1.10. The molecule has 4 aliphatic rings. The van der Waals surface area contributed by atoms with E-state index in [0.29, 0.717) is 36.2 Å². The van der Waals surface area contributed by atoms with Gasteiger partial charge in [0.25, 0.3) is 0 Å². The summed E-state index contributed by atoms with van der Waals surface area (Å²) in [6.45, 7) is 4.01. The molecule has 2 N–H and O–H groups in total. The topological polar surface area (TPSA) is 83.8 Å². The van der Waals surface area contributed by atoms with Crippen molar-refractivity contribution in [1.82, 2.24) is 0 Å². The summed E-state index contributed by atoms with van der Waals surface area (Å²) in [7, 11) is 0. The Morgan fingerprint density at radius 2 is 1.85 bits per heavy atom. The van der Waals surface area contributed by atoms with Gasteiger partial charge in [-0.15, -0.1) is 0 Å². The van der Waals surface area contributed by atoms with Gasteiger partial charge in [0.05, 0.1) is 0 Å². The summed E-state index contributed by atoms with van der Waals surface area (Å²) in [5.41, 5.74) is -0.652. The number of hydrogen-bond acceptors (Lipinski definition) is 4. The molecule has 7 atom stereocenters. The molecule has 4 fully saturated rings. The summed E-state index contributed by atoms with van der Waals surface area (Å²) >= 11 is 0. The minimum atomic E-state index is -0.938. The molecule has 27 heavy (non-hydrogen) atoms. The van der Waals surface area contributed by atoms with E-state index < -0.39 is 17.4 Å². The number of aliphatic carboxylic acids is 1. The minimum absolute atomic E-state index is 0.00957. The predicted molar refractivity (Wildman–Crippen MR) is 99.8 cm³/mol. The van der Waals surface area contributed by atoms with Crippen LogP contribution in [-0.2, 0) is 14.3 Å². The summed E-state index contributed by atoms with van der Waals surface area (Å²) in [4.78, 5) is 23.9. The van der Waals surface area contributed by atoms with E-state index in [9.17, 15) is 19.8 Å². The van der Waals surface area contributed by atoms with Gasteiger partial charge in [-0.2, -0.15) is 0 Å². The highest BCUT2D eigenvalue weighted by Gasteiger charge is 2.67. The normalized spacial score (nSPS) is 48.4. The molecule has 0 aliphatic heterocycles. The molecule has 0 saturated heterocycles. The molecule has 4 saturated carbocycles. The van der Waals surface area contributed by atoms with Crippen LogP contribution in [0.2, 0.25) is 0 Å². The van der Waals surface area contributed by atoms with E-state index >= 15 is 0 Å². The molecule has 0 aromatic carbocycles. The molecule has 5 heteroatoms. The van der Waals surface area contributed by atoms with Crippen molar-refractivity contribution in [2.45, 2.75) is 71.6 Å². The molecule has 0 unspecified atom stereocenters. The third-order valence-corrected chi connectivity index (χ3v) is 9.29. The number of carbonyl (C=O) groups is 2. The summed E-state index contributed by atoms with van der Waals surface area (Å²) in [5.74, 6) is 0.509. The highest BCUT2D eigenvalue weighted by molar-refractivity contribution is 5.76. The maximum atomic E-state index is 12.5. The van der Waals surface area contributed by atoms with Gasteiger partial charge in [-0.25, -0.2) is 0 Å². The number of carbonyl (C=O) groups excluding carboxylic acids is 1. The Labute approximate surface area is 161 Å². The maximum absolute atomic E-state index is 12.5. The van der Waals surface area contributed by atoms with Gasteiger partial charge >= 0.3 is 11.9 Å². The number of carboxylic acids is 1. The standard InChI is InChI=1S/C22H34O5/c1-14(24)27-13-22(19(25)26)8-3-7-20(2)17-5-4-15-10-21(17,9-6-18(20)22)11-16(15)12-23/h15-18,23H,3-13H2,1-2H3,(H,25,26)/t15-,16-,17+,18+,20+,21+,22+/m1/s1. The Morgan fingerprint density at radius 1 is 1.07 bits per heavy atom. The summed E-state index contributed by atoms with van der Waals surface area (Å²) in [6.07, 6.45) is 9.22. The molecular formula is C22H34O5. The van der Waals surface area contributed by atoms with E-state index in [1.54, 1.807) is 0 Å². The third-order valence-electron chi connectivity index (χ3n) is 9.29. The van der Waals surface area contributed by atoms with Gasteiger partial charge < -0.3 is 14.9 Å². The summed E-state index contributed by atoms with van der Waals surface area (Å²) < 4.78 is 5.32. The van der Waals surface area contributed by atoms with Gasteiger partial charge in [-0.1, -0.05) is 13.3 Å². The lowest BCUT2D eigenvalue weighted by Gasteiger charge is -2.63. The fraction of sp³-hybridized carbons (Fsp3) is 0.909. The van der Waals surface area contributed by atoms with Crippen LogP contribution >= 0.6 is 0 Å². The molecule has 152 valence electrons. The van der Waals surface area contributed by atoms with E-state index in [1.165, 1.54) is 19.8 Å². The van der Waals surface area contributed by atoms with Gasteiger partial charge in [0.1, 0.15) is 12.0 Å². The van der Waals surface area contributed by atoms with Gasteiger partial charge in [0.2, 0.25) is 0 Å². The van der Waals surface area contributed by atoms with E-state index in [4.69, 9.17) is 4.74 Å². The lowest BCUT2D eigenvalue weighted by Crippen LogP contribution is -2.60. The largest absolute Gasteiger partial charge is 0.481 e. The van der Waals surface area contributed by atoms with Crippen LogP contribution in [-0.4, -0.2) is 35.4 Å². The van der Waals surface area contributed by atoms with Gasteiger partial charge in [-0.05, 0) is 85.9 Å². The molecule has 0 aromatic heterocycles. The van der Waals surface area contributed by atoms with Crippen LogP contribution in [0.1, 0.15) is 71.6 Å². The van der Waals surface area contributed by atoms with Crippen molar-refractivity contribution in [3.63, 3.8) is 0 Å². The zero-order valence-electron chi connectivity index (χ0n) is 16.7. The second-order valence-electron chi connectivity index (χ2n) is 10.3. The molecule has 5 nitrogen and oxygen atoms in total. The van der Waals surface area contributed by atoms with Crippen LogP contribution in [0, 0.1) is 39.9 Å². The third kappa shape index (κ3) is 2.67. The number of fused-ring (bicyclic) bond motifs is 3. The molecule has 2 bridgehead atoms. The van der Waals surface area contributed by atoms with Crippen LogP contribution < -0.4 is 0 Å². The Morgan fingerprint density at radius 3 is 2.52 bits per heavy atom. The van der Waals surface area contributed by atoms with Crippen LogP contribution in [0.3, 0.4) is 0 Å². The fourth-order valence-electron chi connectivity index (χ4n) is 8.33. The molecule has 4 aliphatic carbocycles. The molecule has 0 heterocycles. The van der Waals surface area contributed by atoms with Crippen LogP contribution in [0.5, 0.6) is 0 Å². The first kappa shape index (κ1) is 19.2. The Bertz CT molecular complexity index is 632. The zero-order valence-corrected chi connectivity index (χ0v) is 16.7. The maximum Gasteiger partial charge on any atom is 0.313 e. The second kappa shape index (κ2) is 6.47. The minimum Gasteiger partial charge on any atom is -0.481 e. The lowest BCUT2D eigenvalue weighted by molar-refractivity contribution is -0.195. The number of aliphatic hydroxyl groups excluding tert-OH is 1. The van der Waals surface area contributed by atoms with Crippen molar-refractivity contribution in [3.05, 3.63) is 0 Å². The molecule has 4 rings (SSSR count). The van der Waals surface area contributed by atoms with Crippen molar-refractivity contribution in [2.75, 3.05) is 13.2 Å². The van der Waals surface area contributed by atoms with Gasteiger partial charge in [0, 0.05) is 13.5 Å². The summed E-state index contributed by atoms with van der Waals surface area (Å²) in [5, 5.41) is 20.1. The van der Waals surface area contributed by atoms with Crippen LogP contribution in [0.25, 0.3) is 0 Å². The molecular weight excluding hydrogens is 344 g/mol. The Kier molecular flexibility index (Phi) is 4.60. The molecule has 1 spiro atoms. The Balaban J connectivity index is 1.68. The number of aliphatic hydroxyl groups is 1. The molecule has 0 amide bonds. The fourth-order valence-corrected chi connectivity index (χ4v) is 8.33. The highest BCUT2D eigenvalue weighted by Crippen LogP contribution is 2.72. The number of ether oxygens (including phenoxy) is 1. The van der Waals surface area contributed by atoms with Crippen LogP contribution in [0.4, 0.5) is 0 Å². The SMILES string of the molecule is CC(=O)OC[C@@]1(C(=O)O)CCC[C@@]2(C)[C@@H]3CC[C@@H]4C[C@@]3(CC[C@H]12)C[C@@H]4CO. The number of rotatable bonds is 4. The van der Waals surface area contributed by atoms with E-state index in [-0.39, 0.29) is 17.9 Å². The average molecular weight is 379 g/mol. The van der Waals surface area contributed by atoms with Crippen LogP contribution in [0.15, 0.2) is 0 Å². The van der Waals surface area contributed by atoms with Crippen molar-refractivity contribution in [2.24, 2.45) is 39.9 Å². The number of esters is 1. The monoisotopic (exact) mass is 378 g/mol. The van der Waals surface area contributed by atoms with Crippen molar-refractivity contribution >= 4 is 11.9 Å². The van der Waals surface area contributed by atoms with Crippen molar-refractivity contribution in [1.29, 1.82) is 0 Å². The smallest absolute Gasteiger partial charge is 0.313 e. The van der Waals surface area contributed by atoms with Crippen molar-refractivity contribution in [3.8, 4) is 0 Å². The zero-order chi connectivity index (χ0) is 19.4. The second-order valence-corrected chi connectivity index (χ2v) is 10.3. The van der Waals surface area contributed by atoms with Crippen molar-refractivity contribution < 1.29 is 24.5 Å². The first-order valence-corrected chi connectivity index (χ1v) is 10.7. The molecule has 0 radical (unpaired) electrons. The number of hydrogen-bond donors (Lipinski definition) is 2. The molecule has 0 aromatic rings. The average Bonchev–Trinajstić information content (AvgIpc) is 2.89. The van der Waals surface area contributed by atoms with Gasteiger partial charge in [-0.3, -0.25) is 9.59 Å². The predicted octanol–water partition coefficient (Wildman–Crippen LogP) is 3.64. The number of carboxylic acid groups (broad SMARTS) is 1. The lowest BCUT2D eigenvalue weighted by atomic mass is 9.40. The van der Waals surface area contributed by atoms with E-state index in [2.05, 4.69) is 6.92 Å². The first-order valence-electron chi connectivity index (χ1n) is 10.7. The highest BCUT2D eigenvalue weighted by atomic mass is 16.5.